The van der Waals surface area contributed by atoms with E-state index in [1.807, 2.05) is 6.07 Å². The number of nitrogens with one attached hydrogen (secondary N) is 2. The average molecular weight is 437 g/mol. The molecular formula is C23H24FN5O3. The third kappa shape index (κ3) is 4.56. The van der Waals surface area contributed by atoms with E-state index >= 15 is 0 Å². The molecule has 32 heavy (non-hydrogen) atoms. The second-order valence-corrected chi connectivity index (χ2v) is 7.44. The molecule has 3 amide bonds. The van der Waals surface area contributed by atoms with Crippen molar-refractivity contribution in [1.29, 1.82) is 0 Å². The fourth-order valence-electron chi connectivity index (χ4n) is 3.84. The van der Waals surface area contributed by atoms with Gasteiger partial charge in [-0.2, -0.15) is 5.10 Å². The van der Waals surface area contributed by atoms with Gasteiger partial charge in [0.1, 0.15) is 17.4 Å². The highest BCUT2D eigenvalue weighted by atomic mass is 19.1. The van der Waals surface area contributed by atoms with Crippen molar-refractivity contribution in [3.63, 3.8) is 0 Å². The van der Waals surface area contributed by atoms with Crippen LogP contribution in [0.1, 0.15) is 29.2 Å². The zero-order valence-electron chi connectivity index (χ0n) is 17.6. The topological polar surface area (TPSA) is 88.5 Å². The second kappa shape index (κ2) is 9.51. The first-order valence-electron chi connectivity index (χ1n) is 10.3. The molecule has 9 heteroatoms. The lowest BCUT2D eigenvalue weighted by molar-refractivity contribution is 0.0686. The van der Waals surface area contributed by atoms with Gasteiger partial charge < -0.3 is 15.0 Å². The Kier molecular flexibility index (Phi) is 6.34. The van der Waals surface area contributed by atoms with E-state index in [2.05, 4.69) is 15.7 Å². The van der Waals surface area contributed by atoms with Crippen LogP contribution in [0.25, 0.3) is 0 Å². The van der Waals surface area contributed by atoms with Crippen LogP contribution in [0.5, 0.6) is 5.75 Å². The third-order valence-electron chi connectivity index (χ3n) is 5.47. The molecule has 0 spiro atoms. The van der Waals surface area contributed by atoms with Gasteiger partial charge in [-0.05, 0) is 37.1 Å². The molecule has 1 aliphatic rings. The average Bonchev–Trinajstić information content (AvgIpc) is 3.27. The first kappa shape index (κ1) is 21.4. The molecule has 1 aliphatic heterocycles. The Morgan fingerprint density at radius 3 is 2.50 bits per heavy atom. The lowest BCUT2D eigenvalue weighted by Crippen LogP contribution is -2.39. The summed E-state index contributed by atoms with van der Waals surface area (Å²) in [5.41, 5.74) is 0.638. The van der Waals surface area contributed by atoms with Crippen molar-refractivity contribution in [2.75, 3.05) is 30.8 Å². The molecule has 3 aromatic rings. The molecule has 2 N–H and O–H groups in total. The number of carbonyl (C=O) groups is 2. The van der Waals surface area contributed by atoms with Crippen molar-refractivity contribution in [2.45, 2.75) is 18.9 Å². The number of carbonyl (C=O) groups excluding carboxylic acids is 2. The Morgan fingerprint density at radius 1 is 1.03 bits per heavy atom. The van der Waals surface area contributed by atoms with Crippen LogP contribution >= 0.6 is 0 Å². The van der Waals surface area contributed by atoms with Gasteiger partial charge in [-0.1, -0.05) is 24.3 Å². The Hall–Kier alpha value is -3.88. The van der Waals surface area contributed by atoms with Gasteiger partial charge in [-0.3, -0.25) is 10.1 Å². The van der Waals surface area contributed by atoms with E-state index in [1.165, 1.54) is 19.2 Å². The predicted octanol–water partition coefficient (Wildman–Crippen LogP) is 4.15. The maximum Gasteiger partial charge on any atom is 0.324 e. The third-order valence-corrected chi connectivity index (χ3v) is 5.47. The number of benzene rings is 2. The molecule has 2 aromatic carbocycles. The minimum atomic E-state index is -0.515. The quantitative estimate of drug-likeness (QED) is 0.628. The van der Waals surface area contributed by atoms with Gasteiger partial charge in [0, 0.05) is 19.2 Å². The van der Waals surface area contributed by atoms with E-state index in [4.69, 9.17) is 4.74 Å². The molecule has 1 saturated heterocycles. The standard InChI is InChI=1S/C23H24FN5O3/c1-32-20-9-5-4-8-19(20)26-23(31)27-21-10-13-25-29(21)16-11-14-28(15-12-16)22(30)17-6-2-3-7-18(17)24/h2-10,13,16H,11-12,14-15H2,1H3,(H2,26,27,31). The van der Waals surface area contributed by atoms with E-state index < -0.39 is 11.8 Å². The van der Waals surface area contributed by atoms with Crippen molar-refractivity contribution in [3.8, 4) is 5.75 Å². The Morgan fingerprint density at radius 2 is 1.75 bits per heavy atom. The van der Waals surface area contributed by atoms with Gasteiger partial charge in [0.2, 0.25) is 0 Å². The number of likely N-dealkylation sites (tertiary alicyclic amines) is 1. The molecule has 1 aromatic heterocycles. The zero-order valence-corrected chi connectivity index (χ0v) is 17.6. The summed E-state index contributed by atoms with van der Waals surface area (Å²) in [5, 5.41) is 9.95. The molecule has 2 heterocycles. The van der Waals surface area contributed by atoms with Gasteiger partial charge in [0.25, 0.3) is 5.91 Å². The molecule has 0 aliphatic carbocycles. The maximum absolute atomic E-state index is 14.0. The van der Waals surface area contributed by atoms with Crippen molar-refractivity contribution in [2.24, 2.45) is 0 Å². The van der Waals surface area contributed by atoms with Gasteiger partial charge >= 0.3 is 6.03 Å². The summed E-state index contributed by atoms with van der Waals surface area (Å²) in [6.07, 6.45) is 2.91. The van der Waals surface area contributed by atoms with E-state index in [9.17, 15) is 14.0 Å². The smallest absolute Gasteiger partial charge is 0.324 e. The minimum Gasteiger partial charge on any atom is -0.495 e. The van der Waals surface area contributed by atoms with E-state index in [1.54, 1.807) is 52.2 Å². The second-order valence-electron chi connectivity index (χ2n) is 7.44. The highest BCUT2D eigenvalue weighted by Crippen LogP contribution is 2.27. The lowest BCUT2D eigenvalue weighted by Gasteiger charge is -2.32. The SMILES string of the molecule is COc1ccccc1NC(=O)Nc1ccnn1C1CCN(C(=O)c2ccccc2F)CC1. The molecule has 0 radical (unpaired) electrons. The number of amides is 3. The number of hydrogen-bond acceptors (Lipinski definition) is 4. The number of nitrogens with zero attached hydrogens (tertiary/aromatic N) is 3. The first-order chi connectivity index (χ1) is 15.6. The molecule has 0 unspecified atom stereocenters. The summed E-state index contributed by atoms with van der Waals surface area (Å²) in [4.78, 5) is 26.8. The summed E-state index contributed by atoms with van der Waals surface area (Å²) < 4.78 is 21.0. The summed E-state index contributed by atoms with van der Waals surface area (Å²) >= 11 is 0. The largest absolute Gasteiger partial charge is 0.495 e. The molecular weight excluding hydrogens is 413 g/mol. The number of urea groups is 1. The maximum atomic E-state index is 14.0. The van der Waals surface area contributed by atoms with Crippen LogP contribution in [0.15, 0.2) is 60.8 Å². The molecule has 8 nitrogen and oxygen atoms in total. The zero-order chi connectivity index (χ0) is 22.5. The van der Waals surface area contributed by atoms with Crippen LogP contribution in [0.2, 0.25) is 0 Å². The highest BCUT2D eigenvalue weighted by Gasteiger charge is 2.27. The highest BCUT2D eigenvalue weighted by molar-refractivity contribution is 6.00. The van der Waals surface area contributed by atoms with Crippen LogP contribution in [0, 0.1) is 5.82 Å². The van der Waals surface area contributed by atoms with Crippen LogP contribution in [-0.4, -0.2) is 46.8 Å². The van der Waals surface area contributed by atoms with Crippen molar-refractivity contribution in [3.05, 3.63) is 72.2 Å². The number of anilines is 2. The number of ether oxygens (including phenoxy) is 1. The van der Waals surface area contributed by atoms with Crippen LogP contribution in [-0.2, 0) is 0 Å². The number of hydrogen-bond donors (Lipinski definition) is 2. The molecule has 0 saturated carbocycles. The number of piperidine rings is 1. The van der Waals surface area contributed by atoms with Crippen LogP contribution < -0.4 is 15.4 Å². The predicted molar refractivity (Wildman–Crippen MR) is 118 cm³/mol. The van der Waals surface area contributed by atoms with E-state index in [-0.39, 0.29) is 17.5 Å². The van der Waals surface area contributed by atoms with E-state index in [0.29, 0.717) is 43.2 Å². The molecule has 4 rings (SSSR count). The minimum absolute atomic E-state index is 0.0104. The van der Waals surface area contributed by atoms with Crippen molar-refractivity contribution in [1.82, 2.24) is 14.7 Å². The molecule has 0 bridgehead atoms. The van der Waals surface area contributed by atoms with Gasteiger partial charge in [0.15, 0.2) is 0 Å². The Bertz CT molecular complexity index is 1110. The summed E-state index contributed by atoms with van der Waals surface area (Å²) in [7, 11) is 1.54. The van der Waals surface area contributed by atoms with Crippen LogP contribution in [0.4, 0.5) is 20.7 Å². The fourth-order valence-corrected chi connectivity index (χ4v) is 3.84. The molecule has 0 atom stereocenters. The van der Waals surface area contributed by atoms with Gasteiger partial charge in [-0.15, -0.1) is 0 Å². The molecule has 166 valence electrons. The number of rotatable bonds is 5. The number of methoxy groups -OCH3 is 1. The molecule has 1 fully saturated rings. The van der Waals surface area contributed by atoms with E-state index in [0.717, 1.165) is 0 Å². The van der Waals surface area contributed by atoms with Gasteiger partial charge in [0.05, 0.1) is 30.6 Å². The summed E-state index contributed by atoms with van der Waals surface area (Å²) in [6.45, 7) is 0.953. The number of halogens is 1. The number of aromatic nitrogens is 2. The van der Waals surface area contributed by atoms with Crippen LogP contribution in [0.3, 0.4) is 0 Å². The summed E-state index contributed by atoms with van der Waals surface area (Å²) in [5.74, 6) is 0.287. The van der Waals surface area contributed by atoms with Crippen molar-refractivity contribution >= 4 is 23.4 Å². The Labute approximate surface area is 185 Å². The Balaban J connectivity index is 1.37. The fraction of sp³-hybridized carbons (Fsp3) is 0.261. The normalized spacial score (nSPS) is 14.1. The van der Waals surface area contributed by atoms with Gasteiger partial charge in [-0.25, -0.2) is 13.9 Å². The number of para-hydroxylation sites is 2. The monoisotopic (exact) mass is 437 g/mol. The van der Waals surface area contributed by atoms with Crippen molar-refractivity contribution < 1.29 is 18.7 Å². The summed E-state index contributed by atoms with van der Waals surface area (Å²) in [6, 6.07) is 14.5. The lowest BCUT2D eigenvalue weighted by atomic mass is 10.0. The first-order valence-corrected chi connectivity index (χ1v) is 10.3.